The van der Waals surface area contributed by atoms with E-state index in [1.807, 2.05) is 18.2 Å². The van der Waals surface area contributed by atoms with Crippen LogP contribution < -0.4 is 0 Å². The summed E-state index contributed by atoms with van der Waals surface area (Å²) < 4.78 is 0. The SMILES string of the molecule is O=C(O)C(CC1CCCC1)c1ccccc1Cl. The van der Waals surface area contributed by atoms with Crippen LogP contribution in [0.2, 0.25) is 5.02 Å². The lowest BCUT2D eigenvalue weighted by Crippen LogP contribution is -2.15. The van der Waals surface area contributed by atoms with Gasteiger partial charge >= 0.3 is 5.97 Å². The lowest BCUT2D eigenvalue weighted by molar-refractivity contribution is -0.139. The van der Waals surface area contributed by atoms with Gasteiger partial charge in [-0.3, -0.25) is 4.79 Å². The number of rotatable bonds is 4. The Hall–Kier alpha value is -1.02. The molecule has 2 nitrogen and oxygen atoms in total. The van der Waals surface area contributed by atoms with E-state index in [0.29, 0.717) is 10.9 Å². The van der Waals surface area contributed by atoms with Gasteiger partial charge in [0.25, 0.3) is 0 Å². The molecule has 1 saturated carbocycles. The van der Waals surface area contributed by atoms with E-state index >= 15 is 0 Å². The van der Waals surface area contributed by atoms with Crippen LogP contribution in [0.3, 0.4) is 0 Å². The standard InChI is InChI=1S/C14H17ClO2/c15-13-8-4-3-7-11(13)12(14(16)17)9-10-5-1-2-6-10/h3-4,7-8,10,12H,1-2,5-6,9H2,(H,16,17). The molecule has 1 atom stereocenters. The van der Waals surface area contributed by atoms with Gasteiger partial charge in [0.2, 0.25) is 0 Å². The molecule has 1 unspecified atom stereocenters. The molecule has 1 fully saturated rings. The zero-order valence-corrected chi connectivity index (χ0v) is 10.5. The zero-order valence-electron chi connectivity index (χ0n) is 9.73. The third-order valence-corrected chi connectivity index (χ3v) is 3.97. The molecule has 0 radical (unpaired) electrons. The van der Waals surface area contributed by atoms with E-state index in [4.69, 9.17) is 11.6 Å². The van der Waals surface area contributed by atoms with E-state index in [1.165, 1.54) is 12.8 Å². The summed E-state index contributed by atoms with van der Waals surface area (Å²) in [5, 5.41) is 9.92. The fourth-order valence-electron chi connectivity index (χ4n) is 2.70. The Balaban J connectivity index is 2.17. The number of hydrogen-bond acceptors (Lipinski definition) is 1. The summed E-state index contributed by atoms with van der Waals surface area (Å²) >= 11 is 6.09. The smallest absolute Gasteiger partial charge is 0.311 e. The fraction of sp³-hybridized carbons (Fsp3) is 0.500. The molecule has 1 aliphatic carbocycles. The second kappa shape index (κ2) is 5.54. The number of carboxylic acids is 1. The van der Waals surface area contributed by atoms with E-state index in [1.54, 1.807) is 6.07 Å². The highest BCUT2D eigenvalue weighted by Gasteiger charge is 2.27. The highest BCUT2D eigenvalue weighted by atomic mass is 35.5. The first-order valence-corrected chi connectivity index (χ1v) is 6.53. The van der Waals surface area contributed by atoms with Crippen LogP contribution >= 0.6 is 11.6 Å². The maximum Gasteiger partial charge on any atom is 0.311 e. The molecule has 0 aliphatic heterocycles. The third-order valence-electron chi connectivity index (χ3n) is 3.62. The minimum Gasteiger partial charge on any atom is -0.481 e. The Bertz CT molecular complexity index is 397. The normalized spacial score (nSPS) is 18.2. The fourth-order valence-corrected chi connectivity index (χ4v) is 2.97. The number of carbonyl (C=O) groups is 1. The van der Waals surface area contributed by atoms with Crippen molar-refractivity contribution in [1.82, 2.24) is 0 Å². The molecule has 3 heteroatoms. The molecule has 0 heterocycles. The predicted molar refractivity (Wildman–Crippen MR) is 68.4 cm³/mol. The Kier molecular flexibility index (Phi) is 4.06. The molecule has 0 spiro atoms. The topological polar surface area (TPSA) is 37.3 Å². The summed E-state index contributed by atoms with van der Waals surface area (Å²) in [6.45, 7) is 0. The maximum atomic E-state index is 11.4. The van der Waals surface area contributed by atoms with Gasteiger partial charge in [-0.15, -0.1) is 0 Å². The Morgan fingerprint density at radius 1 is 1.35 bits per heavy atom. The van der Waals surface area contributed by atoms with Gasteiger partial charge < -0.3 is 5.11 Å². The molecule has 0 aromatic heterocycles. The Labute approximate surface area is 107 Å². The van der Waals surface area contributed by atoms with Gasteiger partial charge in [-0.05, 0) is 24.0 Å². The summed E-state index contributed by atoms with van der Waals surface area (Å²) in [5.74, 6) is -0.663. The minimum atomic E-state index is -0.759. The molecule has 1 aromatic carbocycles. The summed E-state index contributed by atoms with van der Waals surface area (Å²) in [6, 6.07) is 7.28. The second-order valence-corrected chi connectivity index (χ2v) is 5.21. The largest absolute Gasteiger partial charge is 0.481 e. The maximum absolute atomic E-state index is 11.4. The Morgan fingerprint density at radius 2 is 2.00 bits per heavy atom. The Morgan fingerprint density at radius 3 is 2.59 bits per heavy atom. The van der Waals surface area contributed by atoms with Crippen LogP contribution in [0.5, 0.6) is 0 Å². The molecule has 0 saturated heterocycles. The van der Waals surface area contributed by atoms with Crippen LogP contribution in [0.1, 0.15) is 43.6 Å². The highest BCUT2D eigenvalue weighted by Crippen LogP contribution is 2.36. The average molecular weight is 253 g/mol. The van der Waals surface area contributed by atoms with E-state index in [2.05, 4.69) is 0 Å². The summed E-state index contributed by atoms with van der Waals surface area (Å²) in [6.07, 6.45) is 5.51. The lowest BCUT2D eigenvalue weighted by atomic mass is 9.88. The molecular formula is C14H17ClO2. The van der Waals surface area contributed by atoms with Crippen LogP contribution in [-0.2, 0) is 4.79 Å². The molecule has 0 bridgehead atoms. The lowest BCUT2D eigenvalue weighted by Gasteiger charge is -2.18. The van der Waals surface area contributed by atoms with Gasteiger partial charge in [0.15, 0.2) is 0 Å². The molecule has 2 rings (SSSR count). The van der Waals surface area contributed by atoms with Crippen LogP contribution in [0.25, 0.3) is 0 Å². The molecule has 0 amide bonds. The molecular weight excluding hydrogens is 236 g/mol. The van der Waals surface area contributed by atoms with Crippen molar-refractivity contribution in [3.05, 3.63) is 34.9 Å². The quantitative estimate of drug-likeness (QED) is 0.876. The summed E-state index contributed by atoms with van der Waals surface area (Å²) in [5.41, 5.74) is 0.758. The van der Waals surface area contributed by atoms with Gasteiger partial charge in [-0.1, -0.05) is 55.5 Å². The van der Waals surface area contributed by atoms with E-state index < -0.39 is 11.9 Å². The zero-order chi connectivity index (χ0) is 12.3. The number of aliphatic carboxylic acids is 1. The van der Waals surface area contributed by atoms with Gasteiger partial charge in [0.05, 0.1) is 5.92 Å². The number of carboxylic acid groups (broad SMARTS) is 1. The molecule has 1 aliphatic rings. The van der Waals surface area contributed by atoms with Crippen LogP contribution in [-0.4, -0.2) is 11.1 Å². The van der Waals surface area contributed by atoms with E-state index in [0.717, 1.165) is 24.8 Å². The molecule has 17 heavy (non-hydrogen) atoms. The van der Waals surface area contributed by atoms with E-state index in [9.17, 15) is 9.90 Å². The first-order chi connectivity index (χ1) is 8.18. The third kappa shape index (κ3) is 3.01. The van der Waals surface area contributed by atoms with Gasteiger partial charge in [0.1, 0.15) is 0 Å². The van der Waals surface area contributed by atoms with Gasteiger partial charge in [0, 0.05) is 5.02 Å². The highest BCUT2D eigenvalue weighted by molar-refractivity contribution is 6.31. The van der Waals surface area contributed by atoms with Crippen molar-refractivity contribution in [1.29, 1.82) is 0 Å². The number of hydrogen-bond donors (Lipinski definition) is 1. The van der Waals surface area contributed by atoms with Crippen LogP contribution in [0, 0.1) is 5.92 Å². The first kappa shape index (κ1) is 12.4. The van der Waals surface area contributed by atoms with E-state index in [-0.39, 0.29) is 0 Å². The number of benzene rings is 1. The van der Waals surface area contributed by atoms with Crippen molar-refractivity contribution >= 4 is 17.6 Å². The van der Waals surface area contributed by atoms with Crippen LogP contribution in [0.4, 0.5) is 0 Å². The van der Waals surface area contributed by atoms with Crippen molar-refractivity contribution in [2.45, 2.75) is 38.0 Å². The predicted octanol–water partition coefficient (Wildman–Crippen LogP) is 4.09. The minimum absolute atomic E-state index is 0.452. The van der Waals surface area contributed by atoms with Crippen molar-refractivity contribution in [2.75, 3.05) is 0 Å². The second-order valence-electron chi connectivity index (χ2n) is 4.80. The van der Waals surface area contributed by atoms with Gasteiger partial charge in [-0.2, -0.15) is 0 Å². The van der Waals surface area contributed by atoms with Crippen molar-refractivity contribution in [3.8, 4) is 0 Å². The summed E-state index contributed by atoms with van der Waals surface area (Å²) in [4.78, 5) is 11.4. The molecule has 1 N–H and O–H groups in total. The van der Waals surface area contributed by atoms with Crippen molar-refractivity contribution in [2.24, 2.45) is 5.92 Å². The summed E-state index contributed by atoms with van der Waals surface area (Å²) in [7, 11) is 0. The molecule has 92 valence electrons. The van der Waals surface area contributed by atoms with Crippen molar-refractivity contribution in [3.63, 3.8) is 0 Å². The monoisotopic (exact) mass is 252 g/mol. The first-order valence-electron chi connectivity index (χ1n) is 6.15. The van der Waals surface area contributed by atoms with Crippen LogP contribution in [0.15, 0.2) is 24.3 Å². The number of halogens is 1. The van der Waals surface area contributed by atoms with Crippen molar-refractivity contribution < 1.29 is 9.90 Å². The van der Waals surface area contributed by atoms with Gasteiger partial charge in [-0.25, -0.2) is 0 Å². The average Bonchev–Trinajstić information content (AvgIpc) is 2.79. The molecule has 1 aromatic rings.